The molecule has 0 saturated heterocycles. The summed E-state index contributed by atoms with van der Waals surface area (Å²) in [5.41, 5.74) is 2.63. The fraction of sp³-hybridized carbons (Fsp3) is 0.522. The summed E-state index contributed by atoms with van der Waals surface area (Å²) >= 11 is 5.99. The molecule has 0 saturated carbocycles. The third-order valence-electron chi connectivity index (χ3n) is 4.66. The number of rotatable bonds is 7. The van der Waals surface area contributed by atoms with E-state index in [1.54, 1.807) is 11.6 Å². The zero-order valence-corrected chi connectivity index (χ0v) is 19.7. The van der Waals surface area contributed by atoms with Gasteiger partial charge in [0.05, 0.1) is 17.9 Å². The van der Waals surface area contributed by atoms with Crippen LogP contribution in [0.5, 0.6) is 0 Å². The van der Waals surface area contributed by atoms with Crippen LogP contribution in [0, 0.1) is 12.8 Å². The Labute approximate surface area is 184 Å². The average Bonchev–Trinajstić information content (AvgIpc) is 3.04. The number of aromatic nitrogens is 2. The molecule has 1 aromatic heterocycles. The number of amides is 2. The van der Waals surface area contributed by atoms with Crippen molar-refractivity contribution >= 4 is 29.2 Å². The molecule has 0 radical (unpaired) electrons. The van der Waals surface area contributed by atoms with Crippen LogP contribution >= 0.6 is 11.6 Å². The summed E-state index contributed by atoms with van der Waals surface area (Å²) in [5, 5.41) is 7.03. The number of hydrogen-bond acceptors (Lipinski definition) is 3. The van der Waals surface area contributed by atoms with Crippen molar-refractivity contribution in [3.05, 3.63) is 41.6 Å². The van der Waals surface area contributed by atoms with E-state index in [4.69, 9.17) is 16.7 Å². The highest BCUT2D eigenvalue weighted by molar-refractivity contribution is 6.30. The van der Waals surface area contributed by atoms with Crippen LogP contribution in [0.1, 0.15) is 52.8 Å². The van der Waals surface area contributed by atoms with E-state index >= 15 is 0 Å². The second-order valence-electron chi connectivity index (χ2n) is 9.14. The minimum absolute atomic E-state index is 0.0577. The lowest BCUT2D eigenvalue weighted by Gasteiger charge is -2.25. The van der Waals surface area contributed by atoms with E-state index < -0.39 is 5.38 Å². The molecule has 1 atom stereocenters. The molecule has 2 aromatic rings. The lowest BCUT2D eigenvalue weighted by Crippen LogP contribution is -2.43. The Kier molecular flexibility index (Phi) is 7.70. The molecule has 2 rings (SSSR count). The smallest absolute Gasteiger partial charge is 0.245 e. The SMILES string of the molecule is Cc1ccccc1-n1nc(C(C)(C)C)cc1NC(=O)CN(CC(C)C)C(=O)C(C)Cl. The molecule has 1 heterocycles. The van der Waals surface area contributed by atoms with Gasteiger partial charge < -0.3 is 10.2 Å². The van der Waals surface area contributed by atoms with Crippen molar-refractivity contribution in [1.82, 2.24) is 14.7 Å². The quantitative estimate of drug-likeness (QED) is 0.653. The summed E-state index contributed by atoms with van der Waals surface area (Å²) in [6.45, 7) is 14.3. The molecule has 1 unspecified atom stereocenters. The first-order valence-corrected chi connectivity index (χ1v) is 10.7. The van der Waals surface area contributed by atoms with E-state index in [1.807, 2.05) is 51.1 Å². The number of benzene rings is 1. The fourth-order valence-corrected chi connectivity index (χ4v) is 3.24. The molecule has 0 aliphatic rings. The second-order valence-corrected chi connectivity index (χ2v) is 9.79. The van der Waals surface area contributed by atoms with Crippen LogP contribution in [-0.4, -0.2) is 45.0 Å². The maximum atomic E-state index is 12.9. The third kappa shape index (κ3) is 6.08. The van der Waals surface area contributed by atoms with Crippen LogP contribution in [0.15, 0.2) is 30.3 Å². The standard InChI is InChI=1S/C23H33ClN4O2/c1-15(2)13-27(22(30)17(4)24)14-21(29)25-20-12-19(23(5,6)7)26-28(20)18-11-9-8-10-16(18)3/h8-12,15,17H,13-14H2,1-7H3,(H,25,29). The van der Waals surface area contributed by atoms with E-state index in [2.05, 4.69) is 26.1 Å². The summed E-state index contributed by atoms with van der Waals surface area (Å²) in [5.74, 6) is 0.275. The van der Waals surface area contributed by atoms with Gasteiger partial charge in [-0.15, -0.1) is 11.6 Å². The number of nitrogens with zero attached hydrogens (tertiary/aromatic N) is 3. The molecule has 0 spiro atoms. The van der Waals surface area contributed by atoms with Gasteiger partial charge in [-0.05, 0) is 31.4 Å². The summed E-state index contributed by atoms with van der Waals surface area (Å²) < 4.78 is 1.76. The largest absolute Gasteiger partial charge is 0.332 e. The van der Waals surface area contributed by atoms with Crippen LogP contribution < -0.4 is 5.32 Å². The number of aryl methyl sites for hydroxylation is 1. The highest BCUT2D eigenvalue weighted by Crippen LogP contribution is 2.27. The first-order chi connectivity index (χ1) is 13.9. The zero-order valence-electron chi connectivity index (χ0n) is 19.0. The highest BCUT2D eigenvalue weighted by Gasteiger charge is 2.25. The van der Waals surface area contributed by atoms with Crippen LogP contribution in [0.4, 0.5) is 5.82 Å². The van der Waals surface area contributed by atoms with Crippen LogP contribution in [0.3, 0.4) is 0 Å². The number of halogens is 1. The Hall–Kier alpha value is -2.34. The normalized spacial score (nSPS) is 12.7. The van der Waals surface area contributed by atoms with Crippen LogP contribution in [0.2, 0.25) is 0 Å². The molecular formula is C23H33ClN4O2. The molecule has 0 fully saturated rings. The molecular weight excluding hydrogens is 400 g/mol. The molecule has 0 bridgehead atoms. The van der Waals surface area contributed by atoms with Crippen molar-refractivity contribution in [3.63, 3.8) is 0 Å². The summed E-state index contributed by atoms with van der Waals surface area (Å²) in [4.78, 5) is 26.8. The van der Waals surface area contributed by atoms with Crippen molar-refractivity contribution in [1.29, 1.82) is 0 Å². The second kappa shape index (κ2) is 9.65. The van der Waals surface area contributed by atoms with E-state index in [0.29, 0.717) is 12.4 Å². The minimum Gasteiger partial charge on any atom is -0.332 e. The molecule has 164 valence electrons. The molecule has 6 nitrogen and oxygen atoms in total. The highest BCUT2D eigenvalue weighted by atomic mass is 35.5. The summed E-state index contributed by atoms with van der Waals surface area (Å²) in [7, 11) is 0. The van der Waals surface area contributed by atoms with Gasteiger partial charge in [0, 0.05) is 18.0 Å². The molecule has 0 aliphatic carbocycles. The van der Waals surface area contributed by atoms with Crippen molar-refractivity contribution in [2.45, 2.75) is 59.3 Å². The minimum atomic E-state index is -0.679. The molecule has 2 amide bonds. The van der Waals surface area contributed by atoms with Gasteiger partial charge in [0.1, 0.15) is 11.2 Å². The molecule has 30 heavy (non-hydrogen) atoms. The monoisotopic (exact) mass is 432 g/mol. The maximum Gasteiger partial charge on any atom is 0.245 e. The number of para-hydroxylation sites is 1. The Bertz CT molecular complexity index is 897. The predicted octanol–water partition coefficient (Wildman–Crippen LogP) is 4.53. The number of alkyl halides is 1. The van der Waals surface area contributed by atoms with Gasteiger partial charge in [0.25, 0.3) is 0 Å². The van der Waals surface area contributed by atoms with Gasteiger partial charge >= 0.3 is 0 Å². The Balaban J connectivity index is 2.34. The topological polar surface area (TPSA) is 67.2 Å². The van der Waals surface area contributed by atoms with Gasteiger partial charge in [-0.3, -0.25) is 9.59 Å². The van der Waals surface area contributed by atoms with Crippen molar-refractivity contribution in [3.8, 4) is 5.69 Å². The van der Waals surface area contributed by atoms with Gasteiger partial charge in [-0.25, -0.2) is 4.68 Å². The number of hydrogen-bond donors (Lipinski definition) is 1. The number of carbonyl (C=O) groups excluding carboxylic acids is 2. The van der Waals surface area contributed by atoms with Crippen molar-refractivity contribution in [2.24, 2.45) is 5.92 Å². The molecule has 7 heteroatoms. The van der Waals surface area contributed by atoms with Gasteiger partial charge in [-0.2, -0.15) is 5.10 Å². The Morgan fingerprint density at radius 1 is 1.20 bits per heavy atom. The first kappa shape index (κ1) is 23.9. The van der Waals surface area contributed by atoms with E-state index in [9.17, 15) is 9.59 Å². The number of nitrogens with one attached hydrogen (secondary N) is 1. The van der Waals surface area contributed by atoms with Crippen molar-refractivity contribution < 1.29 is 9.59 Å². The van der Waals surface area contributed by atoms with Gasteiger partial charge in [-0.1, -0.05) is 52.8 Å². The average molecular weight is 433 g/mol. The van der Waals surface area contributed by atoms with E-state index in [0.717, 1.165) is 16.9 Å². The summed E-state index contributed by atoms with van der Waals surface area (Å²) in [6.07, 6.45) is 0. The van der Waals surface area contributed by atoms with Crippen molar-refractivity contribution in [2.75, 3.05) is 18.4 Å². The lowest BCUT2D eigenvalue weighted by molar-refractivity contribution is -0.134. The first-order valence-electron chi connectivity index (χ1n) is 10.3. The van der Waals surface area contributed by atoms with Gasteiger partial charge in [0.15, 0.2) is 0 Å². The summed E-state index contributed by atoms with van der Waals surface area (Å²) in [6, 6.07) is 9.77. The van der Waals surface area contributed by atoms with Gasteiger partial charge in [0.2, 0.25) is 11.8 Å². The van der Waals surface area contributed by atoms with E-state index in [-0.39, 0.29) is 29.7 Å². The number of carbonyl (C=O) groups is 2. The molecule has 0 aliphatic heterocycles. The maximum absolute atomic E-state index is 12.9. The molecule has 1 N–H and O–H groups in total. The number of anilines is 1. The lowest BCUT2D eigenvalue weighted by atomic mass is 9.92. The predicted molar refractivity (Wildman–Crippen MR) is 122 cm³/mol. The molecule has 1 aromatic carbocycles. The third-order valence-corrected chi connectivity index (χ3v) is 4.85. The van der Waals surface area contributed by atoms with E-state index in [1.165, 1.54) is 4.90 Å². The van der Waals surface area contributed by atoms with Crippen LogP contribution in [0.25, 0.3) is 5.69 Å². The van der Waals surface area contributed by atoms with Crippen LogP contribution in [-0.2, 0) is 15.0 Å². The Morgan fingerprint density at radius 3 is 2.37 bits per heavy atom. The zero-order chi connectivity index (χ0) is 22.6. The fourth-order valence-electron chi connectivity index (χ4n) is 3.10. The Morgan fingerprint density at radius 2 is 1.83 bits per heavy atom.